The Morgan fingerprint density at radius 2 is 2.30 bits per heavy atom. The number of ether oxygens (including phenoxy) is 1. The standard InChI is InChI=1S/C12H15BrN2O5/c1-2-14-8(12(16)17)6-7-20-10-5-3-4-9(11(10)13)15(18)19/h3-5,8,14H,2,6-7H2,1H3,(H,16,17). The van der Waals surface area contributed by atoms with Crippen LogP contribution in [0.15, 0.2) is 22.7 Å². The first-order valence-electron chi connectivity index (χ1n) is 5.99. The molecule has 0 radical (unpaired) electrons. The summed E-state index contributed by atoms with van der Waals surface area (Å²) >= 11 is 3.11. The molecular formula is C12H15BrN2O5. The first kappa shape index (κ1) is 16.4. The molecule has 110 valence electrons. The van der Waals surface area contributed by atoms with E-state index in [-0.39, 0.29) is 23.2 Å². The molecule has 0 saturated heterocycles. The molecule has 2 N–H and O–H groups in total. The summed E-state index contributed by atoms with van der Waals surface area (Å²) in [7, 11) is 0. The number of hydrogen-bond acceptors (Lipinski definition) is 5. The monoisotopic (exact) mass is 346 g/mol. The second-order valence-corrected chi connectivity index (χ2v) is 4.73. The number of rotatable bonds is 8. The van der Waals surface area contributed by atoms with Crippen LogP contribution in [-0.4, -0.2) is 35.2 Å². The lowest BCUT2D eigenvalue weighted by Crippen LogP contribution is -2.37. The minimum absolute atomic E-state index is 0.0935. The van der Waals surface area contributed by atoms with Gasteiger partial charge in [-0.1, -0.05) is 13.0 Å². The summed E-state index contributed by atoms with van der Waals surface area (Å²) in [6, 6.07) is 3.75. The van der Waals surface area contributed by atoms with E-state index < -0.39 is 16.9 Å². The van der Waals surface area contributed by atoms with Gasteiger partial charge in [0, 0.05) is 12.5 Å². The molecule has 1 aromatic rings. The third-order valence-corrected chi connectivity index (χ3v) is 3.35. The van der Waals surface area contributed by atoms with Crippen LogP contribution in [0.3, 0.4) is 0 Å². The van der Waals surface area contributed by atoms with E-state index in [2.05, 4.69) is 21.2 Å². The Kier molecular flexibility index (Phi) is 6.40. The zero-order valence-electron chi connectivity index (χ0n) is 10.8. The van der Waals surface area contributed by atoms with E-state index in [0.29, 0.717) is 12.3 Å². The van der Waals surface area contributed by atoms with Gasteiger partial charge in [-0.3, -0.25) is 14.9 Å². The van der Waals surface area contributed by atoms with Gasteiger partial charge in [-0.25, -0.2) is 0 Å². The highest BCUT2D eigenvalue weighted by molar-refractivity contribution is 9.10. The number of likely N-dealkylation sites (N-methyl/N-ethyl adjacent to an activating group) is 1. The van der Waals surface area contributed by atoms with Crippen LogP contribution in [0.2, 0.25) is 0 Å². The van der Waals surface area contributed by atoms with Gasteiger partial charge in [0.2, 0.25) is 0 Å². The molecule has 0 aliphatic rings. The number of benzene rings is 1. The topological polar surface area (TPSA) is 102 Å². The Morgan fingerprint density at radius 3 is 2.85 bits per heavy atom. The van der Waals surface area contributed by atoms with Crippen molar-refractivity contribution in [1.82, 2.24) is 5.32 Å². The van der Waals surface area contributed by atoms with Crippen molar-refractivity contribution in [2.75, 3.05) is 13.2 Å². The maximum Gasteiger partial charge on any atom is 0.320 e. The maximum absolute atomic E-state index is 10.9. The van der Waals surface area contributed by atoms with Crippen LogP contribution in [0.5, 0.6) is 5.75 Å². The second-order valence-electron chi connectivity index (χ2n) is 3.93. The van der Waals surface area contributed by atoms with Gasteiger partial charge in [-0.05, 0) is 28.5 Å². The van der Waals surface area contributed by atoms with Gasteiger partial charge in [0.25, 0.3) is 5.69 Å². The highest BCUT2D eigenvalue weighted by Gasteiger charge is 2.18. The molecule has 0 aliphatic carbocycles. The molecule has 1 rings (SSSR count). The molecule has 1 aromatic carbocycles. The van der Waals surface area contributed by atoms with Crippen molar-refractivity contribution >= 4 is 27.6 Å². The van der Waals surface area contributed by atoms with Crippen molar-refractivity contribution in [3.8, 4) is 5.75 Å². The van der Waals surface area contributed by atoms with E-state index in [9.17, 15) is 14.9 Å². The fraction of sp³-hybridized carbons (Fsp3) is 0.417. The number of hydrogen-bond donors (Lipinski definition) is 2. The highest BCUT2D eigenvalue weighted by Crippen LogP contribution is 2.33. The van der Waals surface area contributed by atoms with Crippen molar-refractivity contribution in [2.45, 2.75) is 19.4 Å². The fourth-order valence-electron chi connectivity index (χ4n) is 1.60. The molecule has 0 saturated carbocycles. The van der Waals surface area contributed by atoms with E-state index in [1.807, 2.05) is 6.92 Å². The van der Waals surface area contributed by atoms with Crippen LogP contribution in [0.1, 0.15) is 13.3 Å². The molecule has 7 nitrogen and oxygen atoms in total. The van der Waals surface area contributed by atoms with E-state index in [0.717, 1.165) is 0 Å². The number of nitrogens with one attached hydrogen (secondary N) is 1. The first-order chi connectivity index (χ1) is 9.47. The van der Waals surface area contributed by atoms with Gasteiger partial charge in [0.15, 0.2) is 0 Å². The number of carbonyl (C=O) groups is 1. The predicted molar refractivity (Wildman–Crippen MR) is 76.0 cm³/mol. The summed E-state index contributed by atoms with van der Waals surface area (Å²) in [4.78, 5) is 21.2. The number of aliphatic carboxylic acids is 1. The Bertz CT molecular complexity index is 495. The van der Waals surface area contributed by atoms with Crippen LogP contribution in [0.4, 0.5) is 5.69 Å². The summed E-state index contributed by atoms with van der Waals surface area (Å²) < 4.78 is 5.65. The summed E-state index contributed by atoms with van der Waals surface area (Å²) in [5, 5.41) is 22.5. The maximum atomic E-state index is 10.9. The van der Waals surface area contributed by atoms with Gasteiger partial charge in [0.05, 0.1) is 11.5 Å². The molecule has 0 fully saturated rings. The van der Waals surface area contributed by atoms with Crippen molar-refractivity contribution in [2.24, 2.45) is 0 Å². The van der Waals surface area contributed by atoms with Crippen LogP contribution >= 0.6 is 15.9 Å². The SMILES string of the molecule is CCNC(CCOc1cccc([N+](=O)[O-])c1Br)C(=O)O. The van der Waals surface area contributed by atoms with E-state index in [1.165, 1.54) is 12.1 Å². The Balaban J connectivity index is 2.64. The number of nitro benzene ring substituents is 1. The Labute approximate surface area is 124 Å². The first-order valence-corrected chi connectivity index (χ1v) is 6.78. The van der Waals surface area contributed by atoms with E-state index >= 15 is 0 Å². The van der Waals surface area contributed by atoms with Gasteiger partial charge in [-0.2, -0.15) is 0 Å². The summed E-state index contributed by atoms with van der Waals surface area (Å²) in [6.07, 6.45) is 0.262. The average molecular weight is 347 g/mol. The fourth-order valence-corrected chi connectivity index (χ4v) is 2.12. The lowest BCUT2D eigenvalue weighted by molar-refractivity contribution is -0.385. The summed E-state index contributed by atoms with van der Waals surface area (Å²) in [5.41, 5.74) is -0.0935. The van der Waals surface area contributed by atoms with Gasteiger partial charge < -0.3 is 15.2 Å². The number of nitro groups is 1. The third-order valence-electron chi connectivity index (χ3n) is 2.55. The zero-order valence-corrected chi connectivity index (χ0v) is 12.4. The van der Waals surface area contributed by atoms with E-state index in [1.54, 1.807) is 6.07 Å². The van der Waals surface area contributed by atoms with Gasteiger partial charge in [0.1, 0.15) is 16.3 Å². The van der Waals surface area contributed by atoms with Crippen LogP contribution in [0, 0.1) is 10.1 Å². The third kappa shape index (κ3) is 4.46. The molecule has 0 aromatic heterocycles. The Hall–Kier alpha value is -1.67. The van der Waals surface area contributed by atoms with Crippen molar-refractivity contribution in [1.29, 1.82) is 0 Å². The van der Waals surface area contributed by atoms with Crippen LogP contribution in [-0.2, 0) is 4.79 Å². The minimum atomic E-state index is -0.950. The summed E-state index contributed by atoms with van der Waals surface area (Å²) in [6.45, 7) is 2.50. The van der Waals surface area contributed by atoms with Gasteiger partial charge in [-0.15, -0.1) is 0 Å². The second kappa shape index (κ2) is 7.81. The predicted octanol–water partition coefficient (Wildman–Crippen LogP) is 2.19. The quantitative estimate of drug-likeness (QED) is 0.552. The van der Waals surface area contributed by atoms with Crippen molar-refractivity contribution in [3.63, 3.8) is 0 Å². The number of carboxylic acid groups (broad SMARTS) is 1. The highest BCUT2D eigenvalue weighted by atomic mass is 79.9. The van der Waals surface area contributed by atoms with Crippen molar-refractivity contribution in [3.05, 3.63) is 32.8 Å². The molecule has 0 spiro atoms. The molecule has 20 heavy (non-hydrogen) atoms. The Morgan fingerprint density at radius 1 is 1.60 bits per heavy atom. The van der Waals surface area contributed by atoms with Crippen LogP contribution < -0.4 is 10.1 Å². The summed E-state index contributed by atoms with van der Waals surface area (Å²) in [5.74, 6) is -0.631. The molecule has 0 amide bonds. The number of halogens is 1. The number of nitrogens with zero attached hydrogens (tertiary/aromatic N) is 1. The smallest absolute Gasteiger partial charge is 0.320 e. The lowest BCUT2D eigenvalue weighted by atomic mass is 10.2. The normalized spacial score (nSPS) is 11.9. The minimum Gasteiger partial charge on any atom is -0.492 e. The molecular weight excluding hydrogens is 332 g/mol. The van der Waals surface area contributed by atoms with E-state index in [4.69, 9.17) is 9.84 Å². The largest absolute Gasteiger partial charge is 0.492 e. The van der Waals surface area contributed by atoms with Crippen LogP contribution in [0.25, 0.3) is 0 Å². The zero-order chi connectivity index (χ0) is 15.1. The average Bonchev–Trinajstić information content (AvgIpc) is 2.39. The lowest BCUT2D eigenvalue weighted by Gasteiger charge is -2.14. The molecule has 0 bridgehead atoms. The van der Waals surface area contributed by atoms with Crippen molar-refractivity contribution < 1.29 is 19.6 Å². The molecule has 1 atom stereocenters. The molecule has 0 aliphatic heterocycles. The molecule has 1 unspecified atom stereocenters. The molecule has 8 heteroatoms. The number of carboxylic acids is 1. The molecule has 0 heterocycles. The van der Waals surface area contributed by atoms with Gasteiger partial charge >= 0.3 is 5.97 Å².